The maximum Gasteiger partial charge on any atom is 0.320 e. The third-order valence-electron chi connectivity index (χ3n) is 5.49. The van der Waals surface area contributed by atoms with E-state index in [1.165, 1.54) is 6.42 Å². The molecule has 0 aromatic carbocycles. The second-order valence-corrected chi connectivity index (χ2v) is 7.13. The van der Waals surface area contributed by atoms with Gasteiger partial charge in [0.15, 0.2) is 0 Å². The van der Waals surface area contributed by atoms with Crippen molar-refractivity contribution in [1.29, 1.82) is 0 Å². The average molecular weight is 331 g/mol. The summed E-state index contributed by atoms with van der Waals surface area (Å²) in [4.78, 5) is 27.8. The Balaban J connectivity index is 1.42. The lowest BCUT2D eigenvalue weighted by Crippen LogP contribution is -2.50. The molecule has 0 saturated carbocycles. The van der Waals surface area contributed by atoms with E-state index in [-0.39, 0.29) is 11.4 Å². The number of piperidine rings is 1. The van der Waals surface area contributed by atoms with Crippen LogP contribution in [-0.2, 0) is 4.74 Å². The van der Waals surface area contributed by atoms with Gasteiger partial charge in [-0.05, 0) is 25.3 Å². The molecule has 1 aromatic heterocycles. The van der Waals surface area contributed by atoms with Crippen molar-refractivity contribution < 1.29 is 9.53 Å². The summed E-state index contributed by atoms with van der Waals surface area (Å²) >= 11 is 0. The Kier molecular flexibility index (Phi) is 4.26. The fourth-order valence-electron chi connectivity index (χ4n) is 4.22. The second kappa shape index (κ2) is 6.55. The smallest absolute Gasteiger partial charge is 0.320 e. The van der Waals surface area contributed by atoms with Crippen LogP contribution in [0.1, 0.15) is 19.3 Å². The van der Waals surface area contributed by atoms with Crippen LogP contribution in [0.25, 0.3) is 0 Å². The Bertz CT molecular complexity index is 578. The number of carbonyl (C=O) groups is 1. The van der Waals surface area contributed by atoms with Crippen LogP contribution in [-0.4, -0.2) is 78.3 Å². The van der Waals surface area contributed by atoms with E-state index in [9.17, 15) is 4.79 Å². The summed E-state index contributed by atoms with van der Waals surface area (Å²) < 4.78 is 5.35. The first-order valence-corrected chi connectivity index (χ1v) is 8.89. The summed E-state index contributed by atoms with van der Waals surface area (Å²) in [7, 11) is 0. The minimum absolute atomic E-state index is 0.184. The second-order valence-electron chi connectivity index (χ2n) is 7.13. The zero-order valence-corrected chi connectivity index (χ0v) is 14.1. The van der Waals surface area contributed by atoms with E-state index in [1.54, 1.807) is 12.4 Å². The maximum atomic E-state index is 12.7. The van der Waals surface area contributed by atoms with Crippen LogP contribution in [0.2, 0.25) is 0 Å². The van der Waals surface area contributed by atoms with Crippen molar-refractivity contribution in [1.82, 2.24) is 19.8 Å². The lowest BCUT2D eigenvalue weighted by molar-refractivity contribution is 0.0440. The molecule has 7 heteroatoms. The first-order valence-electron chi connectivity index (χ1n) is 8.89. The fraction of sp³-hybridized carbons (Fsp3) is 0.706. The van der Waals surface area contributed by atoms with Gasteiger partial charge in [-0.3, -0.25) is 0 Å². The van der Waals surface area contributed by atoms with Crippen LogP contribution in [0.5, 0.6) is 0 Å². The van der Waals surface area contributed by atoms with Gasteiger partial charge in [0.25, 0.3) is 0 Å². The molecule has 130 valence electrons. The summed E-state index contributed by atoms with van der Waals surface area (Å²) in [6.45, 7) is 6.41. The van der Waals surface area contributed by atoms with Crippen molar-refractivity contribution >= 4 is 12.0 Å². The predicted molar refractivity (Wildman–Crippen MR) is 89.9 cm³/mol. The molecule has 0 aliphatic carbocycles. The molecule has 2 amide bonds. The number of likely N-dealkylation sites (tertiary alicyclic amines) is 1. The molecule has 3 fully saturated rings. The molecule has 1 atom stereocenters. The molecule has 3 aliphatic rings. The van der Waals surface area contributed by atoms with E-state index < -0.39 is 0 Å². The molecule has 0 unspecified atom stereocenters. The average Bonchev–Trinajstić information content (AvgIpc) is 3.06. The van der Waals surface area contributed by atoms with Crippen LogP contribution < -0.4 is 4.90 Å². The quantitative estimate of drug-likeness (QED) is 0.774. The van der Waals surface area contributed by atoms with Gasteiger partial charge >= 0.3 is 6.03 Å². The zero-order valence-electron chi connectivity index (χ0n) is 14.1. The number of urea groups is 1. The number of hydrogen-bond donors (Lipinski definition) is 0. The van der Waals surface area contributed by atoms with E-state index in [4.69, 9.17) is 4.74 Å². The minimum Gasteiger partial charge on any atom is -0.378 e. The molecular formula is C17H25N5O2. The number of amides is 2. The van der Waals surface area contributed by atoms with Crippen molar-refractivity contribution in [2.75, 3.05) is 57.4 Å². The number of rotatable bonds is 1. The maximum absolute atomic E-state index is 12.7. The van der Waals surface area contributed by atoms with Crippen molar-refractivity contribution in [3.8, 4) is 0 Å². The van der Waals surface area contributed by atoms with Crippen LogP contribution in [0, 0.1) is 5.41 Å². The van der Waals surface area contributed by atoms with E-state index in [1.807, 2.05) is 15.9 Å². The van der Waals surface area contributed by atoms with E-state index in [2.05, 4.69) is 14.9 Å². The van der Waals surface area contributed by atoms with Crippen LogP contribution >= 0.6 is 0 Å². The topological polar surface area (TPSA) is 61.8 Å². The van der Waals surface area contributed by atoms with Crippen LogP contribution in [0.15, 0.2) is 18.5 Å². The first-order chi connectivity index (χ1) is 11.8. The van der Waals surface area contributed by atoms with E-state index >= 15 is 0 Å². The van der Waals surface area contributed by atoms with Crippen molar-refractivity contribution in [2.24, 2.45) is 5.41 Å². The molecule has 1 spiro atoms. The largest absolute Gasteiger partial charge is 0.378 e. The normalized spacial score (nSPS) is 27.8. The van der Waals surface area contributed by atoms with Crippen LogP contribution in [0.4, 0.5) is 10.7 Å². The summed E-state index contributed by atoms with van der Waals surface area (Å²) in [6.07, 6.45) is 6.99. The number of aromatic nitrogens is 2. The number of hydrogen-bond acceptors (Lipinski definition) is 5. The molecule has 4 rings (SSSR count). The predicted octanol–water partition coefficient (Wildman–Crippen LogP) is 1.22. The molecule has 7 nitrogen and oxygen atoms in total. The summed E-state index contributed by atoms with van der Waals surface area (Å²) in [6, 6.07) is 2.03. The van der Waals surface area contributed by atoms with Gasteiger partial charge < -0.3 is 19.4 Å². The Labute approximate surface area is 142 Å². The molecule has 1 aromatic rings. The van der Waals surface area contributed by atoms with Crippen LogP contribution in [0.3, 0.4) is 0 Å². The Morgan fingerprint density at radius 3 is 2.58 bits per heavy atom. The Hall–Kier alpha value is -1.89. The molecule has 3 saturated heterocycles. The summed E-state index contributed by atoms with van der Waals surface area (Å²) in [5.74, 6) is 0.814. The lowest BCUT2D eigenvalue weighted by atomic mass is 9.79. The van der Waals surface area contributed by atoms with Gasteiger partial charge in [0.2, 0.25) is 5.95 Å². The number of anilines is 1. The zero-order chi connectivity index (χ0) is 16.4. The van der Waals surface area contributed by atoms with Crippen molar-refractivity contribution in [2.45, 2.75) is 19.3 Å². The molecule has 3 aliphatic heterocycles. The number of nitrogens with zero attached hydrogens (tertiary/aromatic N) is 5. The minimum atomic E-state index is 0.184. The molecule has 0 radical (unpaired) electrons. The SMILES string of the molecule is O=C(N1CCOCC1)N1CC[C@]2(CCCN(c3ncccn3)C2)C1. The molecule has 0 bridgehead atoms. The monoisotopic (exact) mass is 331 g/mol. The van der Waals surface area contributed by atoms with E-state index in [0.717, 1.165) is 45.0 Å². The third-order valence-corrected chi connectivity index (χ3v) is 5.49. The summed E-state index contributed by atoms with van der Waals surface area (Å²) in [5.41, 5.74) is 0.194. The van der Waals surface area contributed by atoms with Gasteiger partial charge in [0.05, 0.1) is 13.2 Å². The highest BCUT2D eigenvalue weighted by molar-refractivity contribution is 5.75. The van der Waals surface area contributed by atoms with Crippen molar-refractivity contribution in [3.63, 3.8) is 0 Å². The summed E-state index contributed by atoms with van der Waals surface area (Å²) in [5, 5.41) is 0. The Morgan fingerprint density at radius 1 is 1.00 bits per heavy atom. The standard InChI is InChI=1S/C17H25N5O2/c23-16(20-9-11-24-12-10-20)22-8-4-17(14-22)3-1-7-21(13-17)15-18-5-2-6-19-15/h2,5-6H,1,3-4,7-14H2/t17-/m0/s1. The Morgan fingerprint density at radius 2 is 1.79 bits per heavy atom. The molecule has 0 N–H and O–H groups in total. The molecule has 24 heavy (non-hydrogen) atoms. The van der Waals surface area contributed by atoms with Gasteiger partial charge in [0, 0.05) is 57.1 Å². The van der Waals surface area contributed by atoms with Gasteiger partial charge in [-0.25, -0.2) is 14.8 Å². The lowest BCUT2D eigenvalue weighted by Gasteiger charge is -2.40. The molecular weight excluding hydrogens is 306 g/mol. The number of morpholine rings is 1. The number of carbonyl (C=O) groups excluding carboxylic acids is 1. The third kappa shape index (κ3) is 3.05. The highest BCUT2D eigenvalue weighted by Crippen LogP contribution is 2.40. The van der Waals surface area contributed by atoms with Crippen molar-refractivity contribution in [3.05, 3.63) is 18.5 Å². The van der Waals surface area contributed by atoms with Gasteiger partial charge in [-0.15, -0.1) is 0 Å². The van der Waals surface area contributed by atoms with Gasteiger partial charge in [-0.1, -0.05) is 0 Å². The van der Waals surface area contributed by atoms with Gasteiger partial charge in [-0.2, -0.15) is 0 Å². The molecule has 4 heterocycles. The highest BCUT2D eigenvalue weighted by atomic mass is 16.5. The van der Waals surface area contributed by atoms with Gasteiger partial charge in [0.1, 0.15) is 0 Å². The highest BCUT2D eigenvalue weighted by Gasteiger charge is 2.44. The first kappa shape index (κ1) is 15.6. The fourth-order valence-corrected chi connectivity index (χ4v) is 4.22. The number of ether oxygens (including phenoxy) is 1. The van der Waals surface area contributed by atoms with E-state index in [0.29, 0.717) is 26.3 Å².